The van der Waals surface area contributed by atoms with Crippen molar-refractivity contribution in [3.63, 3.8) is 0 Å². The molecule has 0 saturated heterocycles. The van der Waals surface area contributed by atoms with Crippen molar-refractivity contribution in [3.8, 4) is 0 Å². The molecule has 1 N–H and O–H groups in total. The lowest BCUT2D eigenvalue weighted by Gasteiger charge is -2.26. The van der Waals surface area contributed by atoms with Gasteiger partial charge in [0.05, 0.1) is 0 Å². The van der Waals surface area contributed by atoms with Crippen LogP contribution in [0.2, 0.25) is 0 Å². The van der Waals surface area contributed by atoms with Crippen LogP contribution >= 0.6 is 11.3 Å². The van der Waals surface area contributed by atoms with Gasteiger partial charge in [0, 0.05) is 24.5 Å². The summed E-state index contributed by atoms with van der Waals surface area (Å²) in [6.45, 7) is 6.68. The molecule has 0 aromatic carbocycles. The van der Waals surface area contributed by atoms with Crippen molar-refractivity contribution in [1.82, 2.24) is 9.62 Å². The van der Waals surface area contributed by atoms with Crippen LogP contribution in [-0.2, 0) is 16.6 Å². The minimum absolute atomic E-state index is 0.00940. The second kappa shape index (κ2) is 6.14. The van der Waals surface area contributed by atoms with E-state index in [0.717, 1.165) is 4.88 Å². The Balaban J connectivity index is 2.98. The zero-order valence-corrected chi connectivity index (χ0v) is 13.2. The number of thiophene rings is 1. The lowest BCUT2D eigenvalue weighted by molar-refractivity contribution is 0.316. The Morgan fingerprint density at radius 2 is 1.94 bits per heavy atom. The van der Waals surface area contributed by atoms with Gasteiger partial charge in [-0.25, -0.2) is 8.42 Å². The smallest absolute Gasteiger partial charge is 0.252 e. The monoisotopic (exact) mass is 290 g/mol. The Bertz CT molecular complexity index is 480. The molecule has 0 aliphatic rings. The van der Waals surface area contributed by atoms with Crippen LogP contribution < -0.4 is 5.32 Å². The molecule has 18 heavy (non-hydrogen) atoms. The summed E-state index contributed by atoms with van der Waals surface area (Å²) in [7, 11) is 0.142. The highest BCUT2D eigenvalue weighted by Gasteiger charge is 2.28. The van der Waals surface area contributed by atoms with Crippen molar-refractivity contribution < 1.29 is 8.42 Å². The fraction of sp³-hybridized carbons (Fsp3) is 0.667. The van der Waals surface area contributed by atoms with E-state index >= 15 is 0 Å². The topological polar surface area (TPSA) is 49.4 Å². The molecule has 1 rings (SSSR count). The Labute approximate surface area is 114 Å². The molecule has 6 heteroatoms. The van der Waals surface area contributed by atoms with Gasteiger partial charge < -0.3 is 5.32 Å². The third-order valence-corrected chi connectivity index (χ3v) is 6.66. The maximum Gasteiger partial charge on any atom is 0.252 e. The summed E-state index contributed by atoms with van der Waals surface area (Å²) in [4.78, 5) is 1.03. The molecular formula is C12H22N2O2S2. The van der Waals surface area contributed by atoms with Gasteiger partial charge in [0.25, 0.3) is 10.0 Å². The van der Waals surface area contributed by atoms with Crippen LogP contribution in [-0.4, -0.2) is 32.9 Å². The average Bonchev–Trinajstić information content (AvgIpc) is 2.76. The van der Waals surface area contributed by atoms with Gasteiger partial charge in [-0.3, -0.25) is 0 Å². The standard InChI is InChI=1S/C12H22N2O2S2/c1-9(2)10(3)14(5)18(15,16)12-7-6-11(17-12)8-13-4/h6-7,9-10,13H,8H2,1-5H3. The third-order valence-electron chi connectivity index (χ3n) is 3.16. The van der Waals surface area contributed by atoms with Crippen LogP contribution in [0.5, 0.6) is 0 Å². The van der Waals surface area contributed by atoms with Crippen molar-refractivity contribution in [2.24, 2.45) is 5.92 Å². The quantitative estimate of drug-likeness (QED) is 0.873. The summed E-state index contributed by atoms with van der Waals surface area (Å²) in [5.74, 6) is 0.293. The molecular weight excluding hydrogens is 268 g/mol. The lowest BCUT2D eigenvalue weighted by Crippen LogP contribution is -2.37. The first-order valence-electron chi connectivity index (χ1n) is 6.02. The van der Waals surface area contributed by atoms with Crippen LogP contribution in [0.4, 0.5) is 0 Å². The molecule has 0 bridgehead atoms. The Kier molecular flexibility index (Phi) is 5.33. The van der Waals surface area contributed by atoms with E-state index in [1.807, 2.05) is 33.9 Å². The highest BCUT2D eigenvalue weighted by molar-refractivity contribution is 7.91. The zero-order valence-electron chi connectivity index (χ0n) is 11.6. The highest BCUT2D eigenvalue weighted by atomic mass is 32.2. The van der Waals surface area contributed by atoms with Gasteiger partial charge in [-0.05, 0) is 32.0 Å². The minimum atomic E-state index is -3.36. The minimum Gasteiger partial charge on any atom is -0.315 e. The lowest BCUT2D eigenvalue weighted by atomic mass is 10.1. The van der Waals surface area contributed by atoms with E-state index in [1.54, 1.807) is 13.1 Å². The van der Waals surface area contributed by atoms with Gasteiger partial charge >= 0.3 is 0 Å². The predicted octanol–water partition coefficient (Wildman–Crippen LogP) is 2.13. The zero-order chi connectivity index (χ0) is 13.9. The number of rotatable bonds is 6. The predicted molar refractivity (Wildman–Crippen MR) is 76.3 cm³/mol. The molecule has 1 atom stereocenters. The van der Waals surface area contributed by atoms with Crippen LogP contribution in [0.3, 0.4) is 0 Å². The maximum atomic E-state index is 12.4. The van der Waals surface area contributed by atoms with Gasteiger partial charge in [-0.15, -0.1) is 11.3 Å². The molecule has 0 aliphatic heterocycles. The summed E-state index contributed by atoms with van der Waals surface area (Å²) in [6, 6.07) is 3.54. The number of nitrogens with one attached hydrogen (secondary N) is 1. The van der Waals surface area contributed by atoms with E-state index in [0.29, 0.717) is 16.7 Å². The summed E-state index contributed by atoms with van der Waals surface area (Å²) >= 11 is 1.33. The first kappa shape index (κ1) is 15.6. The van der Waals surface area contributed by atoms with Gasteiger partial charge in [-0.1, -0.05) is 13.8 Å². The Morgan fingerprint density at radius 1 is 1.33 bits per heavy atom. The van der Waals surface area contributed by atoms with Crippen LogP contribution in [0, 0.1) is 5.92 Å². The normalized spacial score (nSPS) is 14.4. The molecule has 1 unspecified atom stereocenters. The third kappa shape index (κ3) is 3.32. The van der Waals surface area contributed by atoms with Crippen LogP contribution in [0.15, 0.2) is 16.3 Å². The Morgan fingerprint density at radius 3 is 2.44 bits per heavy atom. The van der Waals surface area contributed by atoms with Gasteiger partial charge in [0.1, 0.15) is 4.21 Å². The molecule has 0 fully saturated rings. The number of sulfonamides is 1. The van der Waals surface area contributed by atoms with Crippen molar-refractivity contribution in [1.29, 1.82) is 0 Å². The van der Waals surface area contributed by atoms with Crippen molar-refractivity contribution >= 4 is 21.4 Å². The van der Waals surface area contributed by atoms with Crippen LogP contribution in [0.1, 0.15) is 25.6 Å². The van der Waals surface area contributed by atoms with E-state index in [1.165, 1.54) is 15.6 Å². The molecule has 4 nitrogen and oxygen atoms in total. The molecule has 1 heterocycles. The highest BCUT2D eigenvalue weighted by Crippen LogP contribution is 2.26. The molecule has 1 aromatic rings. The second-order valence-electron chi connectivity index (χ2n) is 4.76. The van der Waals surface area contributed by atoms with E-state index in [-0.39, 0.29) is 6.04 Å². The molecule has 0 saturated carbocycles. The van der Waals surface area contributed by atoms with Crippen molar-refractivity contribution in [3.05, 3.63) is 17.0 Å². The van der Waals surface area contributed by atoms with E-state index < -0.39 is 10.0 Å². The van der Waals surface area contributed by atoms with Gasteiger partial charge in [-0.2, -0.15) is 4.31 Å². The first-order valence-corrected chi connectivity index (χ1v) is 8.27. The van der Waals surface area contributed by atoms with E-state index in [9.17, 15) is 8.42 Å². The molecule has 0 spiro atoms. The molecule has 1 aromatic heterocycles. The van der Waals surface area contributed by atoms with Gasteiger partial charge in [0.2, 0.25) is 0 Å². The summed E-state index contributed by atoms with van der Waals surface area (Å²) in [6.07, 6.45) is 0. The largest absolute Gasteiger partial charge is 0.315 e. The van der Waals surface area contributed by atoms with E-state index in [2.05, 4.69) is 5.32 Å². The maximum absolute atomic E-state index is 12.4. The fourth-order valence-electron chi connectivity index (χ4n) is 1.55. The summed E-state index contributed by atoms with van der Waals surface area (Å²) in [5, 5.41) is 3.02. The second-order valence-corrected chi connectivity index (χ2v) is 8.15. The van der Waals surface area contributed by atoms with Crippen molar-refractivity contribution in [2.45, 2.75) is 37.6 Å². The summed E-state index contributed by atoms with van der Waals surface area (Å²) in [5.41, 5.74) is 0. The molecule has 0 radical (unpaired) electrons. The number of hydrogen-bond acceptors (Lipinski definition) is 4. The van der Waals surface area contributed by atoms with Gasteiger partial charge in [0.15, 0.2) is 0 Å². The van der Waals surface area contributed by atoms with Crippen LogP contribution in [0.25, 0.3) is 0 Å². The molecule has 0 aliphatic carbocycles. The SMILES string of the molecule is CNCc1ccc(S(=O)(=O)N(C)C(C)C(C)C)s1. The van der Waals surface area contributed by atoms with Crippen molar-refractivity contribution in [2.75, 3.05) is 14.1 Å². The summed E-state index contributed by atoms with van der Waals surface area (Å²) < 4.78 is 26.7. The van der Waals surface area contributed by atoms with E-state index in [4.69, 9.17) is 0 Å². The fourth-order valence-corrected chi connectivity index (χ4v) is 4.59. The number of nitrogens with zero attached hydrogens (tertiary/aromatic N) is 1. The molecule has 104 valence electrons. The Hall–Kier alpha value is -0.430. The number of hydrogen-bond donors (Lipinski definition) is 1. The average molecular weight is 290 g/mol. The first-order chi connectivity index (χ1) is 8.30. The molecule has 0 amide bonds.